The zero-order valence-corrected chi connectivity index (χ0v) is 10.3. The Bertz CT molecular complexity index is 334. The summed E-state index contributed by atoms with van der Waals surface area (Å²) in [6.07, 6.45) is 0.833. The minimum atomic E-state index is 0.0611. The van der Waals surface area contributed by atoms with Crippen molar-refractivity contribution < 1.29 is 14.6 Å². The van der Waals surface area contributed by atoms with E-state index in [0.717, 1.165) is 18.7 Å². The number of aliphatic hydroxyl groups is 1. The summed E-state index contributed by atoms with van der Waals surface area (Å²) < 4.78 is 10.2. The van der Waals surface area contributed by atoms with Gasteiger partial charge in [0, 0.05) is 24.9 Å². The van der Waals surface area contributed by atoms with Crippen LogP contribution in [0.5, 0.6) is 5.88 Å². The number of rotatable bonds is 8. The number of nitrogens with zero attached hydrogens (tertiary/aromatic N) is 2. The highest BCUT2D eigenvalue weighted by Crippen LogP contribution is 2.10. The van der Waals surface area contributed by atoms with E-state index in [1.54, 1.807) is 13.2 Å². The van der Waals surface area contributed by atoms with Crippen LogP contribution in [0.2, 0.25) is 0 Å². The number of ether oxygens (including phenoxy) is 2. The van der Waals surface area contributed by atoms with E-state index in [9.17, 15) is 0 Å². The molecule has 96 valence electrons. The van der Waals surface area contributed by atoms with Gasteiger partial charge in [0.2, 0.25) is 11.8 Å². The average molecular weight is 241 g/mol. The summed E-state index contributed by atoms with van der Waals surface area (Å²) in [5.41, 5.74) is 0.857. The van der Waals surface area contributed by atoms with Crippen molar-refractivity contribution >= 4 is 5.95 Å². The average Bonchev–Trinajstić information content (AvgIpc) is 2.33. The predicted octanol–water partition coefficient (Wildman–Crippen LogP) is 0.605. The standard InChI is InChI=1S/C11H19N3O3/c1-9-8-10(16-2)14-11(13-9)12-4-3-6-17-7-5-15/h8,15H,3-7H2,1-2H3,(H,12,13,14). The van der Waals surface area contributed by atoms with E-state index in [1.165, 1.54) is 0 Å². The fourth-order valence-corrected chi connectivity index (χ4v) is 1.26. The van der Waals surface area contributed by atoms with Gasteiger partial charge in [-0.25, -0.2) is 4.98 Å². The molecule has 0 amide bonds. The highest BCUT2D eigenvalue weighted by Gasteiger charge is 2.01. The molecule has 0 aliphatic heterocycles. The number of methoxy groups -OCH3 is 1. The first-order valence-electron chi connectivity index (χ1n) is 5.58. The zero-order chi connectivity index (χ0) is 12.5. The normalized spacial score (nSPS) is 10.3. The maximum absolute atomic E-state index is 8.51. The highest BCUT2D eigenvalue weighted by atomic mass is 16.5. The van der Waals surface area contributed by atoms with Gasteiger partial charge in [0.25, 0.3) is 0 Å². The van der Waals surface area contributed by atoms with E-state index in [4.69, 9.17) is 14.6 Å². The van der Waals surface area contributed by atoms with E-state index >= 15 is 0 Å². The summed E-state index contributed by atoms with van der Waals surface area (Å²) in [6.45, 7) is 3.66. The van der Waals surface area contributed by atoms with Crippen molar-refractivity contribution in [1.29, 1.82) is 0 Å². The first kappa shape index (κ1) is 13.7. The second kappa shape index (κ2) is 7.81. The monoisotopic (exact) mass is 241 g/mol. The van der Waals surface area contributed by atoms with Gasteiger partial charge in [-0.3, -0.25) is 0 Å². The van der Waals surface area contributed by atoms with Crippen LogP contribution in [0.25, 0.3) is 0 Å². The summed E-state index contributed by atoms with van der Waals surface area (Å²) in [5.74, 6) is 1.11. The molecule has 0 aliphatic rings. The molecule has 0 radical (unpaired) electrons. The van der Waals surface area contributed by atoms with Crippen LogP contribution >= 0.6 is 0 Å². The summed E-state index contributed by atoms with van der Waals surface area (Å²) >= 11 is 0. The van der Waals surface area contributed by atoms with E-state index in [0.29, 0.717) is 25.0 Å². The van der Waals surface area contributed by atoms with Gasteiger partial charge in [0.1, 0.15) is 0 Å². The van der Waals surface area contributed by atoms with Crippen LogP contribution < -0.4 is 10.1 Å². The minimum Gasteiger partial charge on any atom is -0.481 e. The van der Waals surface area contributed by atoms with E-state index in [1.807, 2.05) is 6.92 Å². The van der Waals surface area contributed by atoms with Gasteiger partial charge in [0.05, 0.1) is 20.3 Å². The predicted molar refractivity (Wildman–Crippen MR) is 64.3 cm³/mol. The largest absolute Gasteiger partial charge is 0.481 e. The maximum atomic E-state index is 8.51. The Labute approximate surface area is 101 Å². The van der Waals surface area contributed by atoms with Crippen LogP contribution in [0.1, 0.15) is 12.1 Å². The molecule has 1 heterocycles. The van der Waals surface area contributed by atoms with Gasteiger partial charge in [-0.05, 0) is 13.3 Å². The molecular weight excluding hydrogens is 222 g/mol. The Hall–Kier alpha value is -1.40. The number of anilines is 1. The Morgan fingerprint density at radius 2 is 2.18 bits per heavy atom. The Morgan fingerprint density at radius 3 is 2.88 bits per heavy atom. The molecule has 6 heteroatoms. The fourth-order valence-electron chi connectivity index (χ4n) is 1.26. The second-order valence-electron chi connectivity index (χ2n) is 3.49. The van der Waals surface area contributed by atoms with E-state index < -0.39 is 0 Å². The Balaban J connectivity index is 2.28. The van der Waals surface area contributed by atoms with Crippen molar-refractivity contribution in [3.8, 4) is 5.88 Å². The van der Waals surface area contributed by atoms with E-state index in [-0.39, 0.29) is 6.61 Å². The van der Waals surface area contributed by atoms with Crippen LogP contribution in [0.3, 0.4) is 0 Å². The molecule has 0 bridgehead atoms. The van der Waals surface area contributed by atoms with Gasteiger partial charge < -0.3 is 19.9 Å². The first-order chi connectivity index (χ1) is 8.26. The molecule has 0 aliphatic carbocycles. The van der Waals surface area contributed by atoms with Crippen LogP contribution in [0.15, 0.2) is 6.07 Å². The lowest BCUT2D eigenvalue weighted by Crippen LogP contribution is -2.10. The molecule has 17 heavy (non-hydrogen) atoms. The van der Waals surface area contributed by atoms with Crippen LogP contribution in [-0.2, 0) is 4.74 Å². The maximum Gasteiger partial charge on any atom is 0.226 e. The van der Waals surface area contributed by atoms with Crippen molar-refractivity contribution in [1.82, 2.24) is 9.97 Å². The molecule has 0 unspecified atom stereocenters. The summed E-state index contributed by atoms with van der Waals surface area (Å²) in [6, 6.07) is 1.77. The second-order valence-corrected chi connectivity index (χ2v) is 3.49. The van der Waals surface area contributed by atoms with Gasteiger partial charge in [-0.2, -0.15) is 4.98 Å². The number of aliphatic hydroxyl groups excluding tert-OH is 1. The van der Waals surface area contributed by atoms with Gasteiger partial charge in [-0.1, -0.05) is 0 Å². The summed E-state index contributed by atoms with van der Waals surface area (Å²) in [4.78, 5) is 8.39. The van der Waals surface area contributed by atoms with Crippen molar-refractivity contribution in [3.63, 3.8) is 0 Å². The fraction of sp³-hybridized carbons (Fsp3) is 0.636. The third kappa shape index (κ3) is 5.46. The molecule has 0 spiro atoms. The molecule has 1 rings (SSSR count). The highest BCUT2D eigenvalue weighted by molar-refractivity contribution is 5.30. The molecule has 0 atom stereocenters. The van der Waals surface area contributed by atoms with Crippen molar-refractivity contribution in [3.05, 3.63) is 11.8 Å². The lowest BCUT2D eigenvalue weighted by atomic mass is 10.4. The van der Waals surface area contributed by atoms with Gasteiger partial charge in [-0.15, -0.1) is 0 Å². The number of aromatic nitrogens is 2. The molecule has 2 N–H and O–H groups in total. The molecule has 0 aromatic carbocycles. The summed E-state index contributed by atoms with van der Waals surface area (Å²) in [7, 11) is 1.58. The molecule has 6 nitrogen and oxygen atoms in total. The van der Waals surface area contributed by atoms with Gasteiger partial charge in [0.15, 0.2) is 0 Å². The van der Waals surface area contributed by atoms with Crippen molar-refractivity contribution in [2.24, 2.45) is 0 Å². The number of hydrogen-bond donors (Lipinski definition) is 2. The van der Waals surface area contributed by atoms with E-state index in [2.05, 4.69) is 15.3 Å². The third-order valence-electron chi connectivity index (χ3n) is 2.02. The number of nitrogens with one attached hydrogen (secondary N) is 1. The topological polar surface area (TPSA) is 76.5 Å². The molecule has 0 fully saturated rings. The number of aryl methyl sites for hydroxylation is 1. The molecule has 1 aromatic rings. The quantitative estimate of drug-likeness (QED) is 0.649. The zero-order valence-electron chi connectivity index (χ0n) is 10.3. The summed E-state index contributed by atoms with van der Waals surface area (Å²) in [5, 5.41) is 11.6. The Morgan fingerprint density at radius 1 is 1.35 bits per heavy atom. The van der Waals surface area contributed by atoms with Gasteiger partial charge >= 0.3 is 0 Å². The Kier molecular flexibility index (Phi) is 6.27. The van der Waals surface area contributed by atoms with Crippen LogP contribution in [0.4, 0.5) is 5.95 Å². The molecule has 1 aromatic heterocycles. The minimum absolute atomic E-state index is 0.0611. The first-order valence-corrected chi connectivity index (χ1v) is 5.58. The molecular formula is C11H19N3O3. The smallest absolute Gasteiger partial charge is 0.226 e. The third-order valence-corrected chi connectivity index (χ3v) is 2.02. The SMILES string of the molecule is COc1cc(C)nc(NCCCOCCO)n1. The molecule has 0 saturated carbocycles. The van der Waals surface area contributed by atoms with Crippen LogP contribution in [0, 0.1) is 6.92 Å². The van der Waals surface area contributed by atoms with Crippen LogP contribution in [-0.4, -0.2) is 48.5 Å². The van der Waals surface area contributed by atoms with Crippen molar-refractivity contribution in [2.75, 3.05) is 38.8 Å². The molecule has 0 saturated heterocycles. The lowest BCUT2D eigenvalue weighted by Gasteiger charge is -2.07. The van der Waals surface area contributed by atoms with Crippen molar-refractivity contribution in [2.45, 2.75) is 13.3 Å². The lowest BCUT2D eigenvalue weighted by molar-refractivity contribution is 0.0921. The number of hydrogen-bond acceptors (Lipinski definition) is 6.